The van der Waals surface area contributed by atoms with E-state index in [0.717, 1.165) is 30.4 Å². The van der Waals surface area contributed by atoms with Gasteiger partial charge in [-0.15, -0.1) is 24.0 Å². The van der Waals surface area contributed by atoms with Gasteiger partial charge in [0.1, 0.15) is 11.5 Å². The third-order valence-corrected chi connectivity index (χ3v) is 4.82. The van der Waals surface area contributed by atoms with Crippen LogP contribution in [-0.4, -0.2) is 42.3 Å². The second kappa shape index (κ2) is 11.1. The molecule has 2 heterocycles. The first-order chi connectivity index (χ1) is 14.0. The van der Waals surface area contributed by atoms with Crippen molar-refractivity contribution in [2.75, 3.05) is 19.6 Å². The first kappa shape index (κ1) is 23.9. The monoisotopic (exact) mass is 524 g/mol. The highest BCUT2D eigenvalue weighted by Crippen LogP contribution is 2.22. The molecule has 2 amide bonds. The summed E-state index contributed by atoms with van der Waals surface area (Å²) in [7, 11) is 0. The van der Waals surface area contributed by atoms with Crippen molar-refractivity contribution in [3.8, 4) is 0 Å². The third-order valence-electron chi connectivity index (χ3n) is 4.82. The minimum Gasteiger partial charge on any atom is -0.464 e. The SMILES string of the molecule is CCNC(=NCCCCN1C(=O)c2ccccc2C1=O)NC(C)c1ccc(C)o1.I. The first-order valence-corrected chi connectivity index (χ1v) is 10.1. The zero-order valence-electron chi connectivity index (χ0n) is 17.6. The van der Waals surface area contributed by atoms with E-state index in [1.165, 1.54) is 4.90 Å². The Morgan fingerprint density at radius 2 is 1.77 bits per heavy atom. The number of aryl methyl sites for hydroxylation is 1. The second-order valence-electron chi connectivity index (χ2n) is 7.09. The van der Waals surface area contributed by atoms with Crippen LogP contribution in [0.4, 0.5) is 0 Å². The summed E-state index contributed by atoms with van der Waals surface area (Å²) in [6.07, 6.45) is 1.49. The van der Waals surface area contributed by atoms with Gasteiger partial charge in [-0.2, -0.15) is 0 Å². The summed E-state index contributed by atoms with van der Waals surface area (Å²) in [6, 6.07) is 10.9. The number of carbonyl (C=O) groups excluding carboxylic acids is 2. The molecule has 1 aliphatic heterocycles. The molecule has 7 nitrogen and oxygen atoms in total. The summed E-state index contributed by atoms with van der Waals surface area (Å²) < 4.78 is 5.66. The van der Waals surface area contributed by atoms with Gasteiger partial charge in [0.25, 0.3) is 11.8 Å². The molecule has 162 valence electrons. The lowest BCUT2D eigenvalue weighted by Gasteiger charge is -2.16. The van der Waals surface area contributed by atoms with Crippen LogP contribution in [0.1, 0.15) is 65.0 Å². The smallest absolute Gasteiger partial charge is 0.261 e. The van der Waals surface area contributed by atoms with Crippen LogP contribution in [-0.2, 0) is 0 Å². The number of benzene rings is 1. The van der Waals surface area contributed by atoms with Gasteiger partial charge in [0, 0.05) is 19.6 Å². The number of guanidine groups is 1. The van der Waals surface area contributed by atoms with Gasteiger partial charge in [0.05, 0.1) is 17.2 Å². The molecule has 1 aliphatic rings. The van der Waals surface area contributed by atoms with E-state index in [9.17, 15) is 9.59 Å². The van der Waals surface area contributed by atoms with E-state index >= 15 is 0 Å². The molecule has 1 aromatic heterocycles. The Bertz CT molecular complexity index is 874. The fourth-order valence-corrected chi connectivity index (χ4v) is 3.30. The van der Waals surface area contributed by atoms with Crippen molar-refractivity contribution < 1.29 is 14.0 Å². The van der Waals surface area contributed by atoms with Crippen LogP contribution in [0.5, 0.6) is 0 Å². The normalized spacial score (nSPS) is 14.4. The lowest BCUT2D eigenvalue weighted by atomic mass is 10.1. The van der Waals surface area contributed by atoms with Crippen molar-refractivity contribution in [1.29, 1.82) is 0 Å². The standard InChI is InChI=1S/C22H28N4O3.HI/c1-4-23-22(25-16(3)19-12-11-15(2)29-19)24-13-7-8-14-26-20(27)17-9-5-6-10-18(17)21(26)28;/h5-6,9-12,16H,4,7-8,13-14H2,1-3H3,(H2,23,24,25);1H. The van der Waals surface area contributed by atoms with Crippen molar-refractivity contribution in [3.05, 3.63) is 59.0 Å². The van der Waals surface area contributed by atoms with E-state index in [0.29, 0.717) is 30.6 Å². The predicted octanol–water partition coefficient (Wildman–Crippen LogP) is 3.90. The maximum absolute atomic E-state index is 12.4. The fourth-order valence-electron chi connectivity index (χ4n) is 3.30. The highest BCUT2D eigenvalue weighted by Gasteiger charge is 2.34. The molecule has 3 rings (SSSR count). The lowest BCUT2D eigenvalue weighted by molar-refractivity contribution is 0.0652. The lowest BCUT2D eigenvalue weighted by Crippen LogP contribution is -2.38. The summed E-state index contributed by atoms with van der Waals surface area (Å²) in [5, 5.41) is 6.56. The average molecular weight is 524 g/mol. The van der Waals surface area contributed by atoms with E-state index in [-0.39, 0.29) is 41.8 Å². The number of hydrogen-bond donors (Lipinski definition) is 2. The minimum absolute atomic E-state index is 0. The second-order valence-corrected chi connectivity index (χ2v) is 7.09. The Kier molecular flexibility index (Phi) is 8.88. The number of aliphatic imine (C=N–C) groups is 1. The Balaban J connectivity index is 0.00000320. The van der Waals surface area contributed by atoms with Crippen LogP contribution in [0.15, 0.2) is 45.8 Å². The first-order valence-electron chi connectivity index (χ1n) is 10.1. The quantitative estimate of drug-likeness (QED) is 0.180. The Hall–Kier alpha value is -2.36. The van der Waals surface area contributed by atoms with Crippen LogP contribution in [0, 0.1) is 6.92 Å². The molecule has 0 fully saturated rings. The summed E-state index contributed by atoms with van der Waals surface area (Å²) in [6.45, 7) is 7.72. The molecule has 8 heteroatoms. The third kappa shape index (κ3) is 5.62. The highest BCUT2D eigenvalue weighted by molar-refractivity contribution is 14.0. The van der Waals surface area contributed by atoms with Crippen molar-refractivity contribution in [3.63, 3.8) is 0 Å². The molecule has 0 aliphatic carbocycles. The zero-order valence-corrected chi connectivity index (χ0v) is 19.9. The molecule has 0 bridgehead atoms. The van der Waals surface area contributed by atoms with Crippen LogP contribution in [0.2, 0.25) is 0 Å². The molecule has 0 saturated heterocycles. The van der Waals surface area contributed by atoms with Crippen LogP contribution < -0.4 is 10.6 Å². The molecule has 1 atom stereocenters. The highest BCUT2D eigenvalue weighted by atomic mass is 127. The van der Waals surface area contributed by atoms with Gasteiger partial charge in [-0.05, 0) is 57.9 Å². The molecule has 1 aromatic carbocycles. The number of imide groups is 1. The summed E-state index contributed by atoms with van der Waals surface area (Å²) >= 11 is 0. The van der Waals surface area contributed by atoms with E-state index < -0.39 is 0 Å². The van der Waals surface area contributed by atoms with Crippen molar-refractivity contribution in [2.45, 2.75) is 39.7 Å². The number of amides is 2. The number of nitrogens with zero attached hydrogens (tertiary/aromatic N) is 2. The van der Waals surface area contributed by atoms with Gasteiger partial charge < -0.3 is 15.1 Å². The number of rotatable bonds is 8. The molecule has 0 spiro atoms. The van der Waals surface area contributed by atoms with Gasteiger partial charge >= 0.3 is 0 Å². The van der Waals surface area contributed by atoms with Crippen molar-refractivity contribution >= 4 is 41.8 Å². The Morgan fingerprint density at radius 3 is 2.33 bits per heavy atom. The van der Waals surface area contributed by atoms with Crippen molar-refractivity contribution in [1.82, 2.24) is 15.5 Å². The summed E-state index contributed by atoms with van der Waals surface area (Å²) in [4.78, 5) is 30.7. The van der Waals surface area contributed by atoms with Gasteiger partial charge in [-0.25, -0.2) is 0 Å². The fraction of sp³-hybridized carbons (Fsp3) is 0.409. The molecule has 0 radical (unpaired) electrons. The molecular formula is C22H29IN4O3. The summed E-state index contributed by atoms with van der Waals surface area (Å²) in [5.74, 6) is 2.05. The molecule has 2 N–H and O–H groups in total. The zero-order chi connectivity index (χ0) is 20.8. The number of halogens is 1. The van der Waals surface area contributed by atoms with E-state index in [2.05, 4.69) is 15.6 Å². The van der Waals surface area contributed by atoms with Crippen LogP contribution >= 0.6 is 24.0 Å². The Labute approximate surface area is 194 Å². The maximum atomic E-state index is 12.4. The number of unbranched alkanes of at least 4 members (excludes halogenated alkanes) is 1. The largest absolute Gasteiger partial charge is 0.464 e. The van der Waals surface area contributed by atoms with Gasteiger partial charge in [-0.3, -0.25) is 19.5 Å². The van der Waals surface area contributed by atoms with E-state index in [4.69, 9.17) is 4.42 Å². The topological polar surface area (TPSA) is 86.9 Å². The summed E-state index contributed by atoms with van der Waals surface area (Å²) in [5.41, 5.74) is 0.993. The van der Waals surface area contributed by atoms with Crippen molar-refractivity contribution in [2.24, 2.45) is 4.99 Å². The maximum Gasteiger partial charge on any atom is 0.261 e. The molecule has 30 heavy (non-hydrogen) atoms. The average Bonchev–Trinajstić information content (AvgIpc) is 3.25. The van der Waals surface area contributed by atoms with E-state index in [1.54, 1.807) is 24.3 Å². The van der Waals surface area contributed by atoms with Gasteiger partial charge in [0.15, 0.2) is 5.96 Å². The predicted molar refractivity (Wildman–Crippen MR) is 127 cm³/mol. The molecule has 1 unspecified atom stereocenters. The number of furan rings is 1. The number of hydrogen-bond acceptors (Lipinski definition) is 4. The number of carbonyl (C=O) groups is 2. The van der Waals surface area contributed by atoms with Gasteiger partial charge in [-0.1, -0.05) is 12.1 Å². The van der Waals surface area contributed by atoms with Gasteiger partial charge in [0.2, 0.25) is 0 Å². The van der Waals surface area contributed by atoms with Crippen LogP contribution in [0.3, 0.4) is 0 Å². The molecular weight excluding hydrogens is 495 g/mol. The molecule has 0 saturated carbocycles. The number of fused-ring (bicyclic) bond motifs is 1. The molecule has 2 aromatic rings. The van der Waals surface area contributed by atoms with Crippen LogP contribution in [0.25, 0.3) is 0 Å². The minimum atomic E-state index is -0.202. The number of nitrogens with one attached hydrogen (secondary N) is 2. The Morgan fingerprint density at radius 1 is 1.10 bits per heavy atom. The van der Waals surface area contributed by atoms with E-state index in [1.807, 2.05) is 32.9 Å².